The number of nitrogens with two attached hydrogens (primary N) is 11. The van der Waals surface area contributed by atoms with Gasteiger partial charge in [-0.25, -0.2) is 0 Å². The van der Waals surface area contributed by atoms with Crippen LogP contribution in [0.1, 0.15) is 134 Å². The van der Waals surface area contributed by atoms with Crippen LogP contribution in [0, 0.1) is 32.5 Å². The number of hydrogen-bond donors (Lipinski definition) is 34. The first kappa shape index (κ1) is 96.2. The van der Waals surface area contributed by atoms with Gasteiger partial charge in [0.05, 0.1) is 12.6 Å². The molecular formula is C64H119N33O13. The van der Waals surface area contributed by atoms with E-state index in [1.165, 1.54) is 12.1 Å². The Morgan fingerprint density at radius 2 is 0.564 bits per heavy atom. The quantitative estimate of drug-likeness (QED) is 0.0164. The van der Waals surface area contributed by atoms with Crippen molar-refractivity contribution < 1.29 is 62.6 Å². The third-order valence-electron chi connectivity index (χ3n) is 16.4. The van der Waals surface area contributed by atoms with Crippen molar-refractivity contribution in [3.8, 4) is 5.75 Å². The van der Waals surface area contributed by atoms with E-state index in [1.54, 1.807) is 12.1 Å². The highest BCUT2D eigenvalue weighted by Gasteiger charge is 2.36. The van der Waals surface area contributed by atoms with Gasteiger partial charge in [0.25, 0.3) is 0 Å². The number of unbranched alkanes of at least 4 members (excludes halogenated alkanes) is 2. The number of carbonyl (C=O) groups is 12. The number of guanidine groups is 6. The molecule has 0 bridgehead atoms. The number of hydrogen-bond acceptors (Lipinski definition) is 22. The zero-order valence-corrected chi connectivity index (χ0v) is 62.0. The highest BCUT2D eigenvalue weighted by atomic mass is 16.3. The van der Waals surface area contributed by atoms with Gasteiger partial charge in [0, 0.05) is 45.7 Å². The van der Waals surface area contributed by atoms with Gasteiger partial charge < -0.3 is 153 Å². The van der Waals surface area contributed by atoms with E-state index in [1.807, 2.05) is 0 Å². The molecule has 12 amide bonds. The molecule has 0 saturated carbocycles. The molecule has 1 aromatic carbocycles. The van der Waals surface area contributed by atoms with E-state index in [4.69, 9.17) is 95.5 Å². The summed E-state index contributed by atoms with van der Waals surface area (Å²) in [7, 11) is 0. The summed E-state index contributed by atoms with van der Waals surface area (Å²) in [5, 5.41) is 96.5. The predicted octanol–water partition coefficient (Wildman–Crippen LogP) is -10.7. The summed E-state index contributed by atoms with van der Waals surface area (Å²) in [5.74, 6) is -13.5. The highest BCUT2D eigenvalue weighted by Crippen LogP contribution is 2.14. The Balaban J connectivity index is 3.86. The Labute approximate surface area is 637 Å². The third kappa shape index (κ3) is 44.3. The molecule has 110 heavy (non-hydrogen) atoms. The Kier molecular flexibility index (Phi) is 47.8. The molecule has 0 aromatic heterocycles. The van der Waals surface area contributed by atoms with Crippen LogP contribution in [0.25, 0.3) is 0 Å². The lowest BCUT2D eigenvalue weighted by atomic mass is 10.0. The van der Waals surface area contributed by atoms with E-state index in [2.05, 4.69) is 85.1 Å². The number of phenols is 1. The molecule has 0 saturated heterocycles. The zero-order valence-electron chi connectivity index (χ0n) is 62.0. The molecule has 1 aromatic rings. The maximum absolute atomic E-state index is 14.8. The van der Waals surface area contributed by atoms with Crippen LogP contribution < -0.4 is 148 Å². The largest absolute Gasteiger partial charge is 0.508 e. The van der Waals surface area contributed by atoms with Gasteiger partial charge in [-0.1, -0.05) is 12.1 Å². The minimum Gasteiger partial charge on any atom is -0.508 e. The van der Waals surface area contributed by atoms with Crippen LogP contribution >= 0.6 is 0 Å². The average molecular weight is 1560 g/mol. The fraction of sp³-hybridized carbons (Fsp3) is 0.625. The van der Waals surface area contributed by atoms with Gasteiger partial charge in [-0.05, 0) is 159 Å². The standard InChI is InChI=1S/C64H119N33O13/c65-25-3-1-11-40(91-53(105)41(12-2-4-26-66)92-58(110)46(23-24-47(68)99)97-51(103)39(14-6-28-83-60(72)73)89-48(100)34-88-50(102)37(67)33-35-19-21-36(98)22-20-35)54(106)94-43(16-8-30-85-62(76)77)56(108)96-45(18-10-32-87-64(80)81)57(109)95-44(17-9-31-86-63(78)79)55(107)93-42(15-7-29-84-61(74)75)52(104)90-38(49(69)101)13-5-27-82-59(70)71/h19-22,37-46,98H,1-18,23-34,65-67H2,(H2,68,99)(H2,69,101)(H,88,102)(H,89,100)(H,90,104)(H,91,105)(H,92,110)(H,93,107)(H,94,106)(H,95,109)(H,96,108)(H,97,103)(H4,70,71,82)(H4,72,73,83)(H4,74,75,84)(H4,76,77,85)(H4,78,79,86)(H4,80,81,87)/t37-,38-,39-,40-,41-,42-,43-,44-,45-,46-/m0/s1. The average Bonchev–Trinajstić information content (AvgIpc) is 0.855. The number of carbonyl (C=O) groups excluding carboxylic acids is 12. The van der Waals surface area contributed by atoms with Gasteiger partial charge in [-0.3, -0.25) is 90.0 Å². The van der Waals surface area contributed by atoms with E-state index < -0.39 is 180 Å². The van der Waals surface area contributed by atoms with Gasteiger partial charge in [-0.15, -0.1) is 0 Å². The molecule has 618 valence electrons. The predicted molar refractivity (Wildman–Crippen MR) is 409 cm³/mol. The van der Waals surface area contributed by atoms with Crippen molar-refractivity contribution in [3.63, 3.8) is 0 Å². The van der Waals surface area contributed by atoms with Crippen LogP contribution in [0.15, 0.2) is 24.3 Å². The molecule has 46 nitrogen and oxygen atoms in total. The van der Waals surface area contributed by atoms with Gasteiger partial charge in [0.1, 0.15) is 60.1 Å². The normalized spacial score (nSPS) is 13.5. The van der Waals surface area contributed by atoms with E-state index in [0.29, 0.717) is 18.4 Å². The number of nitrogens with one attached hydrogen (secondary N) is 22. The SMILES string of the molecule is N=C(N)NCCC[C@H](NC(=O)[C@H](CCCNC(=N)N)NC(=O)[C@H](CCCNC(=N)N)NC(=O)[C@H](CCCNC(=N)N)NC(=O)[C@H](CCCNC(=N)N)NC(=O)[C@H](CCCCN)NC(=O)[C@H](CCCCN)NC(=O)[C@H](CCC(N)=O)NC(=O)[C@H](CCCNC(=N)N)NC(=O)CNC(=O)[C@@H](N)Cc1ccc(O)cc1)C(N)=O. The lowest BCUT2D eigenvalue weighted by Gasteiger charge is -2.28. The van der Waals surface area contributed by atoms with Crippen molar-refractivity contribution in [3.05, 3.63) is 29.8 Å². The minimum absolute atomic E-state index is 0.00483. The molecule has 10 atom stereocenters. The van der Waals surface area contributed by atoms with Crippen molar-refractivity contribution in [2.75, 3.05) is 58.9 Å². The number of rotatable bonds is 58. The molecule has 0 aliphatic rings. The van der Waals surface area contributed by atoms with Crippen LogP contribution in [0.3, 0.4) is 0 Å². The summed E-state index contributed by atoms with van der Waals surface area (Å²) in [5.41, 5.74) is 62.4. The number of phenolic OH excluding ortho intramolecular Hbond substituents is 1. The molecule has 0 radical (unpaired) electrons. The van der Waals surface area contributed by atoms with E-state index in [0.717, 1.165) is 0 Å². The number of aromatic hydroxyl groups is 1. The summed E-state index contributed by atoms with van der Waals surface area (Å²) in [4.78, 5) is 167. The van der Waals surface area contributed by atoms with Crippen molar-refractivity contribution in [1.82, 2.24) is 85.1 Å². The van der Waals surface area contributed by atoms with E-state index in [9.17, 15) is 62.6 Å². The molecule has 0 unspecified atom stereocenters. The Bertz CT molecular complexity index is 3200. The summed E-state index contributed by atoms with van der Waals surface area (Å²) in [6.07, 6.45) is -0.470. The lowest BCUT2D eigenvalue weighted by Crippen LogP contribution is -2.60. The van der Waals surface area contributed by atoms with E-state index >= 15 is 0 Å². The van der Waals surface area contributed by atoms with Gasteiger partial charge in [0.2, 0.25) is 70.9 Å². The smallest absolute Gasteiger partial charge is 0.243 e. The summed E-state index contributed by atoms with van der Waals surface area (Å²) >= 11 is 0. The molecule has 0 fully saturated rings. The Morgan fingerprint density at radius 3 is 0.818 bits per heavy atom. The molecule has 0 aliphatic heterocycles. The van der Waals surface area contributed by atoms with Gasteiger partial charge >= 0.3 is 0 Å². The molecule has 0 aliphatic carbocycles. The maximum atomic E-state index is 14.8. The molecule has 46 heteroatoms. The number of primary amides is 2. The second-order valence-electron chi connectivity index (χ2n) is 25.7. The van der Waals surface area contributed by atoms with Crippen LogP contribution in [0.5, 0.6) is 5.75 Å². The van der Waals surface area contributed by atoms with E-state index in [-0.39, 0.29) is 173 Å². The van der Waals surface area contributed by atoms with Crippen molar-refractivity contribution in [2.24, 2.45) is 63.1 Å². The van der Waals surface area contributed by atoms with Crippen molar-refractivity contribution in [1.29, 1.82) is 32.5 Å². The molecule has 1 rings (SSSR count). The van der Waals surface area contributed by atoms with Crippen LogP contribution in [-0.4, -0.2) is 231 Å². The zero-order chi connectivity index (χ0) is 82.7. The fourth-order valence-corrected chi connectivity index (χ4v) is 10.6. The maximum Gasteiger partial charge on any atom is 0.243 e. The monoisotopic (exact) mass is 1560 g/mol. The first-order chi connectivity index (χ1) is 52.1. The number of amides is 12. The molecular weight excluding hydrogens is 1440 g/mol. The van der Waals surface area contributed by atoms with Gasteiger partial charge in [-0.2, -0.15) is 0 Å². The second kappa shape index (κ2) is 54.7. The first-order valence-electron chi connectivity index (χ1n) is 36.1. The third-order valence-corrected chi connectivity index (χ3v) is 16.4. The molecule has 0 spiro atoms. The summed E-state index contributed by atoms with van der Waals surface area (Å²) < 4.78 is 0. The summed E-state index contributed by atoms with van der Waals surface area (Å²) in [6, 6.07) is -8.61. The second-order valence-corrected chi connectivity index (χ2v) is 25.7. The van der Waals surface area contributed by atoms with Gasteiger partial charge in [0.15, 0.2) is 35.8 Å². The highest BCUT2D eigenvalue weighted by molar-refractivity contribution is 5.99. The lowest BCUT2D eigenvalue weighted by molar-refractivity contribution is -0.136. The molecule has 0 heterocycles. The Hall–Kier alpha value is -11.8. The van der Waals surface area contributed by atoms with Crippen molar-refractivity contribution in [2.45, 2.75) is 195 Å². The van der Waals surface area contributed by atoms with Crippen LogP contribution in [-0.2, 0) is 64.0 Å². The molecule has 45 N–H and O–H groups in total. The fourth-order valence-electron chi connectivity index (χ4n) is 10.6. The van der Waals surface area contributed by atoms with Crippen LogP contribution in [0.2, 0.25) is 0 Å². The minimum atomic E-state index is -1.63. The number of benzene rings is 1. The Morgan fingerprint density at radius 1 is 0.318 bits per heavy atom. The first-order valence-corrected chi connectivity index (χ1v) is 36.1. The summed E-state index contributed by atoms with van der Waals surface area (Å²) in [6.45, 7) is -0.171. The topological polar surface area (TPSA) is 847 Å². The van der Waals surface area contributed by atoms with Crippen molar-refractivity contribution >= 4 is 107 Å². The van der Waals surface area contributed by atoms with Crippen LogP contribution in [0.4, 0.5) is 0 Å².